The first-order chi connectivity index (χ1) is 18.2. The molecule has 0 saturated heterocycles. The maximum absolute atomic E-state index is 13.2. The Bertz CT molecular complexity index is 1460. The highest BCUT2D eigenvalue weighted by Gasteiger charge is 2.67. The number of hydrogen-bond acceptors (Lipinski definition) is 3. The van der Waals surface area contributed by atoms with Gasteiger partial charge in [-0.05, 0) is 77.6 Å². The molecular formula is C29H26Cl5N3O2. The third-order valence-corrected chi connectivity index (χ3v) is 8.93. The van der Waals surface area contributed by atoms with E-state index in [0.29, 0.717) is 33.0 Å². The monoisotopic (exact) mass is 623 g/mol. The second-order valence-corrected chi connectivity index (χ2v) is 13.8. The van der Waals surface area contributed by atoms with Gasteiger partial charge in [-0.1, -0.05) is 55.6 Å². The van der Waals surface area contributed by atoms with Gasteiger partial charge in [0.25, 0.3) is 5.91 Å². The maximum Gasteiger partial charge on any atom is 0.257 e. The topological polar surface area (TPSA) is 70.2 Å². The normalized spacial score (nSPS) is 21.1. The summed E-state index contributed by atoms with van der Waals surface area (Å²) in [6.07, 6.45) is 0.872. The smallest absolute Gasteiger partial charge is 0.257 e. The van der Waals surface area contributed by atoms with Gasteiger partial charge in [0.1, 0.15) is 4.33 Å². The van der Waals surface area contributed by atoms with Gasteiger partial charge in [-0.15, -0.1) is 23.2 Å². The lowest BCUT2D eigenvalue weighted by Crippen LogP contribution is -2.31. The highest BCUT2D eigenvalue weighted by atomic mass is 35.5. The van der Waals surface area contributed by atoms with E-state index in [1.807, 2.05) is 18.2 Å². The number of rotatable bonds is 5. The molecule has 2 amide bonds. The van der Waals surface area contributed by atoms with Crippen LogP contribution in [0.5, 0.6) is 0 Å². The number of carbonyl (C=O) groups excluding carboxylic acids is 2. The number of alkyl halides is 2. The Morgan fingerprint density at radius 3 is 2.21 bits per heavy atom. The van der Waals surface area contributed by atoms with E-state index in [0.717, 1.165) is 17.7 Å². The van der Waals surface area contributed by atoms with Gasteiger partial charge in [0, 0.05) is 39.1 Å². The number of nitrogens with one attached hydrogen (secondary N) is 3. The van der Waals surface area contributed by atoms with Gasteiger partial charge >= 0.3 is 0 Å². The Morgan fingerprint density at radius 1 is 0.897 bits per heavy atom. The first-order valence-corrected chi connectivity index (χ1v) is 14.3. The predicted octanol–water partition coefficient (Wildman–Crippen LogP) is 8.81. The van der Waals surface area contributed by atoms with Crippen LogP contribution in [-0.4, -0.2) is 22.2 Å². The van der Waals surface area contributed by atoms with Gasteiger partial charge < -0.3 is 16.0 Å². The molecule has 1 heterocycles. The summed E-state index contributed by atoms with van der Waals surface area (Å²) in [6.45, 7) is 6.59. The highest BCUT2D eigenvalue weighted by molar-refractivity contribution is 6.53. The molecule has 0 aromatic heterocycles. The van der Waals surface area contributed by atoms with Crippen LogP contribution in [0.25, 0.3) is 0 Å². The molecule has 5 rings (SSSR count). The minimum absolute atomic E-state index is 0.106. The van der Waals surface area contributed by atoms with Crippen molar-refractivity contribution in [3.63, 3.8) is 0 Å². The highest BCUT2D eigenvalue weighted by Crippen LogP contribution is 2.65. The quantitative estimate of drug-likeness (QED) is 0.248. The molecule has 0 radical (unpaired) electrons. The van der Waals surface area contributed by atoms with Crippen molar-refractivity contribution < 1.29 is 9.59 Å². The van der Waals surface area contributed by atoms with E-state index in [1.165, 1.54) is 6.07 Å². The zero-order chi connectivity index (χ0) is 28.3. The van der Waals surface area contributed by atoms with Crippen LogP contribution in [0.3, 0.4) is 0 Å². The molecule has 3 aromatic rings. The first-order valence-electron chi connectivity index (χ1n) is 12.4. The molecule has 2 aliphatic rings. The summed E-state index contributed by atoms with van der Waals surface area (Å²) < 4.78 is -1.32. The molecule has 204 valence electrons. The largest absolute Gasteiger partial charge is 0.381 e. The lowest BCUT2D eigenvalue weighted by atomic mass is 9.85. The van der Waals surface area contributed by atoms with Crippen molar-refractivity contribution >= 4 is 86.9 Å². The predicted molar refractivity (Wildman–Crippen MR) is 162 cm³/mol. The van der Waals surface area contributed by atoms with Crippen molar-refractivity contribution in [2.75, 3.05) is 16.0 Å². The number of halogens is 5. The van der Waals surface area contributed by atoms with Crippen LogP contribution in [0.4, 0.5) is 17.1 Å². The lowest BCUT2D eigenvalue weighted by molar-refractivity contribution is -0.117. The number of hydrogen-bond donors (Lipinski definition) is 3. The van der Waals surface area contributed by atoms with Crippen molar-refractivity contribution in [3.05, 3.63) is 86.4 Å². The van der Waals surface area contributed by atoms with Gasteiger partial charge in [0.05, 0.1) is 16.5 Å². The molecule has 0 spiro atoms. The molecule has 0 bridgehead atoms. The molecule has 10 heteroatoms. The van der Waals surface area contributed by atoms with Crippen molar-refractivity contribution in [3.8, 4) is 0 Å². The minimum Gasteiger partial charge on any atom is -0.381 e. The fraction of sp³-hybridized carbons (Fsp3) is 0.310. The zero-order valence-corrected chi connectivity index (χ0v) is 25.1. The van der Waals surface area contributed by atoms with Crippen molar-refractivity contribution in [2.24, 2.45) is 11.3 Å². The summed E-state index contributed by atoms with van der Waals surface area (Å²) in [5, 5.41) is 10.4. The zero-order valence-electron chi connectivity index (χ0n) is 21.3. The molecule has 1 saturated carbocycles. The third-order valence-electron chi connectivity index (χ3n) is 7.22. The van der Waals surface area contributed by atoms with Gasteiger partial charge in [-0.2, -0.15) is 0 Å². The average Bonchev–Trinajstić information content (AvgIpc) is 3.17. The molecule has 3 unspecified atom stereocenters. The Kier molecular flexibility index (Phi) is 7.53. The summed E-state index contributed by atoms with van der Waals surface area (Å²) >= 11 is 31.5. The van der Waals surface area contributed by atoms with Crippen LogP contribution in [0.2, 0.25) is 15.1 Å². The molecule has 1 aliphatic heterocycles. The number of amides is 2. The van der Waals surface area contributed by atoms with Crippen LogP contribution in [0.1, 0.15) is 48.2 Å². The SMILES string of the molecule is CC(C)(C)C1Cc2cc(NC(=O)c3cc(NC(=O)C4C(c5cc(Cl)cc(Cl)c5)C4(Cl)Cl)ccc3Cl)ccc2N1. The van der Waals surface area contributed by atoms with Crippen molar-refractivity contribution in [1.82, 2.24) is 0 Å². The van der Waals surface area contributed by atoms with E-state index in [-0.39, 0.29) is 16.0 Å². The van der Waals surface area contributed by atoms with E-state index in [9.17, 15) is 9.59 Å². The lowest BCUT2D eigenvalue weighted by Gasteiger charge is -2.27. The van der Waals surface area contributed by atoms with E-state index in [1.54, 1.807) is 30.3 Å². The molecule has 1 aliphatic carbocycles. The standard InChI is InChI=1S/C29H26Cl5N3O2/c1-28(2,3)23-11-14-10-18(5-7-22(14)37-23)35-26(38)20-13-19(4-6-21(20)32)36-27(39)25-24(29(25,33)34)15-8-16(30)12-17(31)9-15/h4-10,12-13,23-25,37H,11H2,1-3H3,(H,35,38)(H,36,39). The van der Waals surface area contributed by atoms with Crippen LogP contribution >= 0.6 is 58.0 Å². The maximum atomic E-state index is 13.2. The van der Waals surface area contributed by atoms with E-state index in [2.05, 4.69) is 36.7 Å². The summed E-state index contributed by atoms with van der Waals surface area (Å²) in [7, 11) is 0. The van der Waals surface area contributed by atoms with E-state index in [4.69, 9.17) is 58.0 Å². The molecule has 39 heavy (non-hydrogen) atoms. The van der Waals surface area contributed by atoms with Gasteiger partial charge in [-0.25, -0.2) is 0 Å². The van der Waals surface area contributed by atoms with Gasteiger partial charge in [0.2, 0.25) is 5.91 Å². The Labute approximate surface area is 252 Å². The van der Waals surface area contributed by atoms with Crippen LogP contribution < -0.4 is 16.0 Å². The van der Waals surface area contributed by atoms with Gasteiger partial charge in [0.15, 0.2) is 0 Å². The molecule has 5 nitrogen and oxygen atoms in total. The Morgan fingerprint density at radius 2 is 1.54 bits per heavy atom. The second kappa shape index (κ2) is 10.4. The van der Waals surface area contributed by atoms with Crippen LogP contribution in [0, 0.1) is 11.3 Å². The fourth-order valence-corrected chi connectivity index (χ4v) is 6.55. The number of fused-ring (bicyclic) bond motifs is 1. The average molecular weight is 626 g/mol. The number of anilines is 3. The minimum atomic E-state index is -1.32. The fourth-order valence-electron chi connectivity index (χ4n) is 4.98. The third kappa shape index (κ3) is 5.84. The Hall–Kier alpha value is -2.15. The summed E-state index contributed by atoms with van der Waals surface area (Å²) in [5.74, 6) is -2.01. The summed E-state index contributed by atoms with van der Waals surface area (Å²) in [6, 6.07) is 15.8. The number of carbonyl (C=O) groups is 2. The van der Waals surface area contributed by atoms with Crippen molar-refractivity contribution in [1.29, 1.82) is 0 Å². The molecule has 1 fully saturated rings. The van der Waals surface area contributed by atoms with Gasteiger partial charge in [-0.3, -0.25) is 9.59 Å². The summed E-state index contributed by atoms with van der Waals surface area (Å²) in [4.78, 5) is 26.3. The van der Waals surface area contributed by atoms with Crippen LogP contribution in [-0.2, 0) is 11.2 Å². The first kappa shape index (κ1) is 28.4. The molecule has 3 N–H and O–H groups in total. The second-order valence-electron chi connectivity index (χ2n) is 11.1. The van der Waals surface area contributed by atoms with E-state index >= 15 is 0 Å². The van der Waals surface area contributed by atoms with E-state index < -0.39 is 28.0 Å². The molecule has 3 atom stereocenters. The van der Waals surface area contributed by atoms with Crippen LogP contribution in [0.15, 0.2) is 54.6 Å². The molecule has 3 aromatic carbocycles. The number of benzene rings is 3. The Balaban J connectivity index is 1.29. The molecular weight excluding hydrogens is 600 g/mol. The summed E-state index contributed by atoms with van der Waals surface area (Å²) in [5.41, 5.74) is 4.27. The van der Waals surface area contributed by atoms with Crippen molar-refractivity contribution in [2.45, 2.75) is 43.5 Å².